The third-order valence-electron chi connectivity index (χ3n) is 4.32. The second kappa shape index (κ2) is 6.58. The first-order chi connectivity index (χ1) is 12.5. The third-order valence-corrected chi connectivity index (χ3v) is 5.82. The van der Waals surface area contributed by atoms with Gasteiger partial charge in [0.25, 0.3) is 0 Å². The Morgan fingerprint density at radius 1 is 1.15 bits per heavy atom. The van der Waals surface area contributed by atoms with E-state index >= 15 is 0 Å². The summed E-state index contributed by atoms with van der Waals surface area (Å²) >= 11 is 0. The van der Waals surface area contributed by atoms with Crippen molar-refractivity contribution < 1.29 is 12.8 Å². The maximum atomic E-state index is 13.2. The average molecular weight is 373 g/mol. The number of fused-ring (bicyclic) bond motifs is 1. The Kier molecular flexibility index (Phi) is 4.25. The maximum Gasteiger partial charge on any atom is 0.242 e. The van der Waals surface area contributed by atoms with Gasteiger partial charge in [-0.2, -0.15) is 0 Å². The van der Waals surface area contributed by atoms with E-state index in [0.29, 0.717) is 25.2 Å². The van der Waals surface area contributed by atoms with Gasteiger partial charge < -0.3 is 4.57 Å². The molecule has 0 fully saturated rings. The number of sulfonamides is 1. The average Bonchev–Trinajstić information content (AvgIpc) is 3.06. The van der Waals surface area contributed by atoms with Gasteiger partial charge in [-0.3, -0.25) is 4.98 Å². The molecule has 0 aliphatic carbocycles. The highest BCUT2D eigenvalue weighted by atomic mass is 32.2. The number of nitrogens with zero attached hydrogens (tertiary/aromatic N) is 4. The van der Waals surface area contributed by atoms with Gasteiger partial charge in [-0.15, -0.1) is 10.2 Å². The molecule has 1 aliphatic rings. The zero-order chi connectivity index (χ0) is 18.1. The molecule has 3 heterocycles. The molecule has 1 N–H and O–H groups in total. The van der Waals surface area contributed by atoms with E-state index in [2.05, 4.69) is 19.9 Å². The molecule has 9 heteroatoms. The van der Waals surface area contributed by atoms with E-state index < -0.39 is 10.0 Å². The van der Waals surface area contributed by atoms with Crippen LogP contribution in [0, 0.1) is 5.82 Å². The SMILES string of the molecule is O=S(=O)(N[C@H]1CCc2nnc(-c3ccc(F)cc3)n2C1)c1cccnc1. The fourth-order valence-corrected chi connectivity index (χ4v) is 4.25. The number of aryl methyl sites for hydroxylation is 1. The van der Waals surface area contributed by atoms with Crippen molar-refractivity contribution in [2.45, 2.75) is 30.3 Å². The minimum absolute atomic E-state index is 0.133. The zero-order valence-electron chi connectivity index (χ0n) is 13.7. The molecule has 0 unspecified atom stereocenters. The monoisotopic (exact) mass is 373 g/mol. The van der Waals surface area contributed by atoms with Gasteiger partial charge in [0, 0.05) is 37.0 Å². The van der Waals surface area contributed by atoms with Crippen molar-refractivity contribution in [2.75, 3.05) is 0 Å². The molecule has 2 aromatic heterocycles. The molecule has 0 saturated heterocycles. The Hall–Kier alpha value is -2.65. The van der Waals surface area contributed by atoms with Crippen LogP contribution in [0.3, 0.4) is 0 Å². The number of nitrogens with one attached hydrogen (secondary N) is 1. The molecule has 0 amide bonds. The summed E-state index contributed by atoms with van der Waals surface area (Å²) in [5.41, 5.74) is 0.737. The predicted molar refractivity (Wildman–Crippen MR) is 92.1 cm³/mol. The summed E-state index contributed by atoms with van der Waals surface area (Å²) in [6.45, 7) is 0.411. The van der Waals surface area contributed by atoms with Crippen molar-refractivity contribution in [2.24, 2.45) is 0 Å². The highest BCUT2D eigenvalue weighted by molar-refractivity contribution is 7.89. The van der Waals surface area contributed by atoms with Gasteiger partial charge in [0.1, 0.15) is 16.5 Å². The van der Waals surface area contributed by atoms with E-state index in [9.17, 15) is 12.8 Å². The molecule has 0 saturated carbocycles. The Morgan fingerprint density at radius 3 is 2.69 bits per heavy atom. The van der Waals surface area contributed by atoms with E-state index in [1.54, 1.807) is 18.2 Å². The standard InChI is InChI=1S/C17H16FN5O2S/c18-13-5-3-12(4-6-13)17-21-20-16-8-7-14(11-23(16)17)22-26(24,25)15-2-1-9-19-10-15/h1-6,9-10,14,22H,7-8,11H2/t14-/m0/s1. The number of rotatable bonds is 4. The number of hydrogen-bond donors (Lipinski definition) is 1. The van der Waals surface area contributed by atoms with Crippen LogP contribution >= 0.6 is 0 Å². The van der Waals surface area contributed by atoms with E-state index in [1.807, 2.05) is 4.57 Å². The van der Waals surface area contributed by atoms with Gasteiger partial charge >= 0.3 is 0 Å². The molecular weight excluding hydrogens is 357 g/mol. The fourth-order valence-electron chi connectivity index (χ4n) is 3.03. The molecule has 26 heavy (non-hydrogen) atoms. The number of aromatic nitrogens is 4. The van der Waals surface area contributed by atoms with Crippen LogP contribution in [-0.2, 0) is 23.0 Å². The van der Waals surface area contributed by atoms with Crippen molar-refractivity contribution in [3.8, 4) is 11.4 Å². The van der Waals surface area contributed by atoms with Gasteiger partial charge in [0.2, 0.25) is 10.0 Å². The molecule has 7 nitrogen and oxygen atoms in total. The van der Waals surface area contributed by atoms with E-state index in [-0.39, 0.29) is 16.8 Å². The Morgan fingerprint density at radius 2 is 1.96 bits per heavy atom. The number of benzene rings is 1. The highest BCUT2D eigenvalue weighted by Gasteiger charge is 2.27. The summed E-state index contributed by atoms with van der Waals surface area (Å²) in [5.74, 6) is 1.07. The van der Waals surface area contributed by atoms with Gasteiger partial charge in [-0.25, -0.2) is 17.5 Å². The van der Waals surface area contributed by atoms with Crippen LogP contribution < -0.4 is 4.72 Å². The van der Waals surface area contributed by atoms with Gasteiger partial charge in [-0.05, 0) is 42.8 Å². The van der Waals surface area contributed by atoms with E-state index in [0.717, 1.165) is 11.4 Å². The lowest BCUT2D eigenvalue weighted by molar-refractivity contribution is 0.423. The summed E-state index contributed by atoms with van der Waals surface area (Å²) in [7, 11) is -3.64. The minimum Gasteiger partial charge on any atom is -0.309 e. The topological polar surface area (TPSA) is 89.8 Å². The second-order valence-corrected chi connectivity index (χ2v) is 7.82. The first kappa shape index (κ1) is 16.8. The van der Waals surface area contributed by atoms with Gasteiger partial charge in [0.05, 0.1) is 0 Å². The lowest BCUT2D eigenvalue weighted by atomic mass is 10.1. The third kappa shape index (κ3) is 3.23. The van der Waals surface area contributed by atoms with Crippen LogP contribution in [0.5, 0.6) is 0 Å². The van der Waals surface area contributed by atoms with Crippen LogP contribution in [0.1, 0.15) is 12.2 Å². The van der Waals surface area contributed by atoms with Crippen LogP contribution in [0.15, 0.2) is 53.7 Å². The minimum atomic E-state index is -3.64. The summed E-state index contributed by atoms with van der Waals surface area (Å²) < 4.78 is 42.8. The normalized spacial score (nSPS) is 17.0. The predicted octanol–water partition coefficient (Wildman–Crippen LogP) is 1.77. The molecule has 1 atom stereocenters. The molecule has 0 bridgehead atoms. The van der Waals surface area contributed by atoms with Crippen LogP contribution in [0.25, 0.3) is 11.4 Å². The van der Waals surface area contributed by atoms with Gasteiger partial charge in [-0.1, -0.05) is 0 Å². The Balaban J connectivity index is 1.58. The maximum absolute atomic E-state index is 13.2. The largest absolute Gasteiger partial charge is 0.309 e. The zero-order valence-corrected chi connectivity index (χ0v) is 14.5. The van der Waals surface area contributed by atoms with Crippen molar-refractivity contribution in [1.29, 1.82) is 0 Å². The van der Waals surface area contributed by atoms with Crippen molar-refractivity contribution in [3.05, 3.63) is 60.4 Å². The summed E-state index contributed by atoms with van der Waals surface area (Å²) in [5, 5.41) is 8.37. The molecule has 4 rings (SSSR count). The smallest absolute Gasteiger partial charge is 0.242 e. The lowest BCUT2D eigenvalue weighted by Crippen LogP contribution is -2.41. The summed E-state index contributed by atoms with van der Waals surface area (Å²) in [6.07, 6.45) is 4.08. The van der Waals surface area contributed by atoms with E-state index in [4.69, 9.17) is 0 Å². The second-order valence-electron chi connectivity index (χ2n) is 6.10. The molecule has 1 aromatic carbocycles. The molecule has 0 spiro atoms. The number of hydrogen-bond acceptors (Lipinski definition) is 5. The molecule has 1 aliphatic heterocycles. The lowest BCUT2D eigenvalue weighted by Gasteiger charge is -2.25. The molecule has 0 radical (unpaired) electrons. The van der Waals surface area contributed by atoms with Gasteiger partial charge in [0.15, 0.2) is 5.82 Å². The fraction of sp³-hybridized carbons (Fsp3) is 0.235. The van der Waals surface area contributed by atoms with Crippen molar-refractivity contribution in [3.63, 3.8) is 0 Å². The van der Waals surface area contributed by atoms with Crippen LogP contribution in [-0.4, -0.2) is 34.2 Å². The first-order valence-electron chi connectivity index (χ1n) is 8.13. The Labute approximate surface area is 150 Å². The van der Waals surface area contributed by atoms with Crippen molar-refractivity contribution >= 4 is 10.0 Å². The molecule has 134 valence electrons. The van der Waals surface area contributed by atoms with E-state index in [1.165, 1.54) is 30.6 Å². The Bertz CT molecular complexity index is 1020. The van der Waals surface area contributed by atoms with Crippen molar-refractivity contribution in [1.82, 2.24) is 24.5 Å². The quantitative estimate of drug-likeness (QED) is 0.753. The molecule has 3 aromatic rings. The first-order valence-corrected chi connectivity index (χ1v) is 9.61. The summed E-state index contributed by atoms with van der Waals surface area (Å²) in [4.78, 5) is 3.99. The molecular formula is C17H16FN5O2S. The van der Waals surface area contributed by atoms with Crippen LogP contribution in [0.4, 0.5) is 4.39 Å². The highest BCUT2D eigenvalue weighted by Crippen LogP contribution is 2.24. The number of halogens is 1. The summed E-state index contributed by atoms with van der Waals surface area (Å²) in [6, 6.07) is 8.80. The van der Waals surface area contributed by atoms with Crippen LogP contribution in [0.2, 0.25) is 0 Å². The number of pyridine rings is 1.